The van der Waals surface area contributed by atoms with Crippen LogP contribution in [0, 0.1) is 13.8 Å². The lowest BCUT2D eigenvalue weighted by Gasteiger charge is -2.20. The highest BCUT2D eigenvalue weighted by molar-refractivity contribution is 5.38. The van der Waals surface area contributed by atoms with Crippen LogP contribution in [-0.2, 0) is 6.42 Å². The third-order valence-corrected chi connectivity index (χ3v) is 3.96. The molecule has 0 aliphatic rings. The monoisotopic (exact) mass is 283 g/mol. The van der Waals surface area contributed by atoms with Gasteiger partial charge in [-0.3, -0.25) is 0 Å². The maximum absolute atomic E-state index is 5.36. The van der Waals surface area contributed by atoms with Crippen molar-refractivity contribution in [2.45, 2.75) is 33.2 Å². The molecular formula is C19H25NO. The summed E-state index contributed by atoms with van der Waals surface area (Å²) in [5.41, 5.74) is 5.25. The Balaban J connectivity index is 2.26. The molecule has 0 spiro atoms. The molecule has 2 aromatic rings. The van der Waals surface area contributed by atoms with Gasteiger partial charge in [-0.1, -0.05) is 43.3 Å². The van der Waals surface area contributed by atoms with Crippen LogP contribution in [0.25, 0.3) is 0 Å². The Bertz CT molecular complexity index is 592. The first-order valence-corrected chi connectivity index (χ1v) is 7.58. The molecule has 0 saturated carbocycles. The van der Waals surface area contributed by atoms with Crippen molar-refractivity contribution in [1.82, 2.24) is 5.32 Å². The number of methoxy groups -OCH3 is 1. The minimum Gasteiger partial charge on any atom is -0.496 e. The molecule has 0 heterocycles. The van der Waals surface area contributed by atoms with Crippen LogP contribution in [0.2, 0.25) is 0 Å². The van der Waals surface area contributed by atoms with Crippen molar-refractivity contribution < 1.29 is 4.74 Å². The summed E-state index contributed by atoms with van der Waals surface area (Å²) in [4.78, 5) is 0. The number of nitrogens with one attached hydrogen (secondary N) is 1. The minimum atomic E-state index is 0.334. The molecule has 0 bridgehead atoms. The van der Waals surface area contributed by atoms with Gasteiger partial charge in [-0.15, -0.1) is 0 Å². The van der Waals surface area contributed by atoms with Crippen molar-refractivity contribution in [2.24, 2.45) is 0 Å². The fraction of sp³-hybridized carbons (Fsp3) is 0.368. The molecular weight excluding hydrogens is 258 g/mol. The summed E-state index contributed by atoms with van der Waals surface area (Å²) in [5, 5.41) is 3.60. The van der Waals surface area contributed by atoms with Crippen molar-refractivity contribution in [3.05, 3.63) is 64.7 Å². The van der Waals surface area contributed by atoms with E-state index in [0.717, 1.165) is 18.7 Å². The molecule has 2 rings (SSSR count). The number of aryl methyl sites for hydroxylation is 2. The van der Waals surface area contributed by atoms with Crippen LogP contribution in [0.5, 0.6) is 5.75 Å². The molecule has 21 heavy (non-hydrogen) atoms. The van der Waals surface area contributed by atoms with Crippen molar-refractivity contribution in [2.75, 3.05) is 13.7 Å². The Kier molecular flexibility index (Phi) is 5.40. The average molecular weight is 283 g/mol. The summed E-state index contributed by atoms with van der Waals surface area (Å²) >= 11 is 0. The standard InChI is InChI=1S/C19H25NO/c1-5-20-18(13-16-9-7-6-8-14(16)2)17-10-11-19(21-4)15(3)12-17/h6-12,18,20H,5,13H2,1-4H3. The number of hydrogen-bond acceptors (Lipinski definition) is 2. The molecule has 1 unspecified atom stereocenters. The maximum atomic E-state index is 5.36. The Morgan fingerprint density at radius 2 is 1.81 bits per heavy atom. The van der Waals surface area contributed by atoms with E-state index in [1.54, 1.807) is 7.11 Å². The third kappa shape index (κ3) is 3.85. The smallest absolute Gasteiger partial charge is 0.121 e. The second kappa shape index (κ2) is 7.28. The maximum Gasteiger partial charge on any atom is 0.121 e. The molecule has 2 nitrogen and oxygen atoms in total. The van der Waals surface area contributed by atoms with Crippen LogP contribution in [0.4, 0.5) is 0 Å². The molecule has 0 radical (unpaired) electrons. The summed E-state index contributed by atoms with van der Waals surface area (Å²) in [6, 6.07) is 15.4. The fourth-order valence-corrected chi connectivity index (χ4v) is 2.73. The number of likely N-dealkylation sites (N-methyl/N-ethyl adjacent to an activating group) is 1. The molecule has 0 aliphatic carbocycles. The second-order valence-electron chi connectivity index (χ2n) is 5.47. The highest BCUT2D eigenvalue weighted by Crippen LogP contribution is 2.25. The topological polar surface area (TPSA) is 21.3 Å². The molecule has 0 amide bonds. The zero-order chi connectivity index (χ0) is 15.2. The first-order chi connectivity index (χ1) is 10.2. The van der Waals surface area contributed by atoms with Crippen molar-refractivity contribution >= 4 is 0 Å². The summed E-state index contributed by atoms with van der Waals surface area (Å²) in [5.74, 6) is 0.949. The van der Waals surface area contributed by atoms with Gasteiger partial charge in [0.15, 0.2) is 0 Å². The van der Waals surface area contributed by atoms with E-state index in [1.165, 1.54) is 22.3 Å². The predicted octanol–water partition coefficient (Wildman–Crippen LogP) is 4.21. The van der Waals surface area contributed by atoms with Gasteiger partial charge in [0.1, 0.15) is 5.75 Å². The SMILES string of the molecule is CCNC(Cc1ccccc1C)c1ccc(OC)c(C)c1. The van der Waals surface area contributed by atoms with Gasteiger partial charge >= 0.3 is 0 Å². The zero-order valence-corrected chi connectivity index (χ0v) is 13.4. The summed E-state index contributed by atoms with van der Waals surface area (Å²) in [6.07, 6.45) is 1.01. The Morgan fingerprint density at radius 3 is 2.43 bits per heavy atom. The van der Waals surface area contributed by atoms with Crippen LogP contribution in [0.15, 0.2) is 42.5 Å². The van der Waals surface area contributed by atoms with Gasteiger partial charge in [0, 0.05) is 6.04 Å². The van der Waals surface area contributed by atoms with E-state index in [4.69, 9.17) is 4.74 Å². The quantitative estimate of drug-likeness (QED) is 0.857. The molecule has 0 saturated heterocycles. The highest BCUT2D eigenvalue weighted by atomic mass is 16.5. The zero-order valence-electron chi connectivity index (χ0n) is 13.4. The molecule has 2 heteroatoms. The van der Waals surface area contributed by atoms with E-state index in [1.807, 2.05) is 0 Å². The van der Waals surface area contributed by atoms with Gasteiger partial charge in [0.2, 0.25) is 0 Å². The Labute approximate surface area is 128 Å². The number of rotatable bonds is 6. The highest BCUT2D eigenvalue weighted by Gasteiger charge is 2.13. The van der Waals surface area contributed by atoms with Gasteiger partial charge < -0.3 is 10.1 Å². The lowest BCUT2D eigenvalue weighted by Crippen LogP contribution is -2.23. The predicted molar refractivity (Wildman–Crippen MR) is 89.0 cm³/mol. The van der Waals surface area contributed by atoms with Crippen LogP contribution < -0.4 is 10.1 Å². The number of ether oxygens (including phenoxy) is 1. The second-order valence-corrected chi connectivity index (χ2v) is 5.47. The largest absolute Gasteiger partial charge is 0.496 e. The van der Waals surface area contributed by atoms with E-state index < -0.39 is 0 Å². The fourth-order valence-electron chi connectivity index (χ4n) is 2.73. The third-order valence-electron chi connectivity index (χ3n) is 3.96. The molecule has 1 atom stereocenters. The lowest BCUT2D eigenvalue weighted by atomic mass is 9.95. The summed E-state index contributed by atoms with van der Waals surface area (Å²) in [7, 11) is 1.72. The number of hydrogen-bond donors (Lipinski definition) is 1. The molecule has 2 aromatic carbocycles. The average Bonchev–Trinajstić information content (AvgIpc) is 2.49. The van der Waals surface area contributed by atoms with Crippen LogP contribution >= 0.6 is 0 Å². The lowest BCUT2D eigenvalue weighted by molar-refractivity contribution is 0.411. The Hall–Kier alpha value is -1.80. The Morgan fingerprint density at radius 1 is 1.05 bits per heavy atom. The van der Waals surface area contributed by atoms with E-state index in [-0.39, 0.29) is 0 Å². The first-order valence-electron chi connectivity index (χ1n) is 7.58. The minimum absolute atomic E-state index is 0.334. The molecule has 1 N–H and O–H groups in total. The van der Waals surface area contributed by atoms with E-state index in [0.29, 0.717) is 6.04 Å². The van der Waals surface area contributed by atoms with E-state index in [2.05, 4.69) is 68.6 Å². The van der Waals surface area contributed by atoms with Crippen molar-refractivity contribution in [1.29, 1.82) is 0 Å². The van der Waals surface area contributed by atoms with Gasteiger partial charge in [-0.2, -0.15) is 0 Å². The van der Waals surface area contributed by atoms with E-state index >= 15 is 0 Å². The van der Waals surface area contributed by atoms with Crippen molar-refractivity contribution in [3.63, 3.8) is 0 Å². The van der Waals surface area contributed by atoms with Crippen LogP contribution in [-0.4, -0.2) is 13.7 Å². The van der Waals surface area contributed by atoms with E-state index in [9.17, 15) is 0 Å². The van der Waals surface area contributed by atoms with Gasteiger partial charge in [0.05, 0.1) is 7.11 Å². The molecule has 112 valence electrons. The summed E-state index contributed by atoms with van der Waals surface area (Å²) < 4.78 is 5.36. The van der Waals surface area contributed by atoms with Gasteiger partial charge in [-0.05, 0) is 55.1 Å². The van der Waals surface area contributed by atoms with Crippen molar-refractivity contribution in [3.8, 4) is 5.75 Å². The van der Waals surface area contributed by atoms with Gasteiger partial charge in [0.25, 0.3) is 0 Å². The van der Waals surface area contributed by atoms with Gasteiger partial charge in [-0.25, -0.2) is 0 Å². The van der Waals surface area contributed by atoms with Crippen LogP contribution in [0.3, 0.4) is 0 Å². The molecule has 0 aliphatic heterocycles. The molecule has 0 aromatic heterocycles. The molecule has 0 fully saturated rings. The summed E-state index contributed by atoms with van der Waals surface area (Å²) in [6.45, 7) is 7.39. The normalized spacial score (nSPS) is 12.2. The van der Waals surface area contributed by atoms with Crippen LogP contribution in [0.1, 0.15) is 35.2 Å². The number of benzene rings is 2. The first kappa shape index (κ1) is 15.6.